The smallest absolute Gasteiger partial charge is 0.416 e. The molecule has 2 aliphatic rings. The average molecular weight is 334 g/mol. The van der Waals surface area contributed by atoms with E-state index in [0.29, 0.717) is 18.1 Å². The molecule has 3 rings (SSSR count). The minimum atomic E-state index is -4.33. The molecule has 2 nitrogen and oxygen atoms in total. The van der Waals surface area contributed by atoms with Crippen LogP contribution in [0, 0.1) is 36.5 Å². The molecule has 0 N–H and O–H groups in total. The summed E-state index contributed by atoms with van der Waals surface area (Å²) >= 11 is 0. The second-order valence-corrected chi connectivity index (χ2v) is 7.06. The number of rotatable bonds is 2. The number of nitrogens with zero attached hydrogens (tertiary/aromatic N) is 1. The summed E-state index contributed by atoms with van der Waals surface area (Å²) in [6, 6.07) is 5.24. The van der Waals surface area contributed by atoms with Crippen molar-refractivity contribution in [1.82, 2.24) is 0 Å². The molecule has 1 atom stereocenters. The van der Waals surface area contributed by atoms with Gasteiger partial charge in [0.05, 0.1) is 17.5 Å². The first kappa shape index (κ1) is 17.3. The normalized spacial score (nSPS) is 23.4. The third-order valence-corrected chi connectivity index (χ3v) is 4.22. The van der Waals surface area contributed by atoms with Gasteiger partial charge in [-0.15, -0.1) is 0 Å². The molecule has 24 heavy (non-hydrogen) atoms. The molecule has 1 aromatic carbocycles. The van der Waals surface area contributed by atoms with E-state index in [1.165, 1.54) is 12.1 Å². The van der Waals surface area contributed by atoms with Crippen molar-refractivity contribution in [2.24, 2.45) is 10.4 Å². The van der Waals surface area contributed by atoms with Gasteiger partial charge in [-0.1, -0.05) is 32.9 Å². The molecule has 5 heteroatoms. The lowest BCUT2D eigenvalue weighted by Gasteiger charge is -2.22. The molecule has 5 radical (unpaired) electrons. The highest BCUT2D eigenvalue weighted by Gasteiger charge is 2.40. The Morgan fingerprint density at radius 1 is 1.00 bits per heavy atom. The number of hydrogen-bond acceptors (Lipinski definition) is 2. The largest absolute Gasteiger partial charge is 0.478 e. The maximum absolute atomic E-state index is 12.7. The van der Waals surface area contributed by atoms with Crippen LogP contribution in [0.1, 0.15) is 31.9 Å². The Kier molecular flexibility index (Phi) is 4.39. The third-order valence-electron chi connectivity index (χ3n) is 4.22. The molecule has 1 aliphatic heterocycles. The number of hydrogen-bond donors (Lipinski definition) is 0. The summed E-state index contributed by atoms with van der Waals surface area (Å²) in [5, 5.41) is 0. The predicted molar refractivity (Wildman–Crippen MR) is 86.6 cm³/mol. The van der Waals surface area contributed by atoms with Gasteiger partial charge in [-0.3, -0.25) is 0 Å². The van der Waals surface area contributed by atoms with Crippen molar-refractivity contribution in [3.8, 4) is 0 Å². The zero-order valence-corrected chi connectivity index (χ0v) is 13.8. The number of aliphatic imine (C=N–C) groups is 1. The van der Waals surface area contributed by atoms with Gasteiger partial charge in [0.25, 0.3) is 0 Å². The van der Waals surface area contributed by atoms with Crippen LogP contribution in [-0.4, -0.2) is 18.5 Å². The van der Waals surface area contributed by atoms with E-state index in [4.69, 9.17) is 4.74 Å². The van der Waals surface area contributed by atoms with E-state index in [1.807, 2.05) is 19.3 Å². The van der Waals surface area contributed by atoms with Gasteiger partial charge in [-0.05, 0) is 42.4 Å². The Morgan fingerprint density at radius 2 is 1.62 bits per heavy atom. The Morgan fingerprint density at radius 3 is 2.17 bits per heavy atom. The van der Waals surface area contributed by atoms with Crippen LogP contribution < -0.4 is 0 Å². The zero-order valence-electron chi connectivity index (χ0n) is 13.8. The molecule has 1 saturated carbocycles. The number of benzene rings is 1. The van der Waals surface area contributed by atoms with Crippen LogP contribution in [0.15, 0.2) is 29.3 Å². The lowest BCUT2D eigenvalue weighted by atomic mass is 9.87. The van der Waals surface area contributed by atoms with Gasteiger partial charge in [-0.2, -0.15) is 13.2 Å². The van der Waals surface area contributed by atoms with E-state index in [9.17, 15) is 13.2 Å². The first-order chi connectivity index (χ1) is 11.2. The third kappa shape index (κ3) is 3.45. The number of ether oxygens (including phenoxy) is 1. The molecule has 0 unspecified atom stereocenters. The molecule has 127 valence electrons. The maximum atomic E-state index is 12.7. The minimum absolute atomic E-state index is 0.00284. The molecular formula is C19H19F3NO. The summed E-state index contributed by atoms with van der Waals surface area (Å²) in [5.41, 5.74) is 0.0678. The molecule has 1 heterocycles. The van der Waals surface area contributed by atoms with Crippen LogP contribution in [0.2, 0.25) is 0 Å². The van der Waals surface area contributed by atoms with Crippen LogP contribution in [0.5, 0.6) is 0 Å². The molecule has 0 spiro atoms. The summed E-state index contributed by atoms with van der Waals surface area (Å²) in [7, 11) is 0. The maximum Gasteiger partial charge on any atom is 0.416 e. The van der Waals surface area contributed by atoms with Crippen LogP contribution in [0.4, 0.5) is 13.2 Å². The van der Waals surface area contributed by atoms with Crippen molar-refractivity contribution in [3.05, 3.63) is 66.5 Å². The number of halogens is 3. The van der Waals surface area contributed by atoms with Crippen molar-refractivity contribution < 1.29 is 17.9 Å². The first-order valence-electron chi connectivity index (χ1n) is 7.80. The SMILES string of the molecule is CC(C)(C)[C@H]1COC([C]2[CH][CH][CH][C]2c2ccc(C(F)(F)F)cc2)=N1. The quantitative estimate of drug-likeness (QED) is 0.770. The van der Waals surface area contributed by atoms with E-state index in [-0.39, 0.29) is 11.5 Å². The fourth-order valence-corrected chi connectivity index (χ4v) is 2.66. The van der Waals surface area contributed by atoms with Crippen LogP contribution in [-0.2, 0) is 10.9 Å². The zero-order chi connectivity index (χ0) is 17.5. The molecule has 1 aromatic rings. The van der Waals surface area contributed by atoms with Gasteiger partial charge in [0.15, 0.2) is 5.90 Å². The molecule has 0 saturated heterocycles. The van der Waals surface area contributed by atoms with Gasteiger partial charge in [0.1, 0.15) is 6.61 Å². The number of alkyl halides is 3. The van der Waals surface area contributed by atoms with Crippen LogP contribution >= 0.6 is 0 Å². The average Bonchev–Trinajstić information content (AvgIpc) is 3.14. The molecule has 0 aromatic heterocycles. The Bertz CT molecular complexity index is 613. The highest BCUT2D eigenvalue weighted by atomic mass is 19.4. The molecular weight excluding hydrogens is 315 g/mol. The monoisotopic (exact) mass is 334 g/mol. The topological polar surface area (TPSA) is 21.6 Å². The summed E-state index contributed by atoms with van der Waals surface area (Å²) in [5.74, 6) is 2.22. The fraction of sp³-hybridized carbons (Fsp3) is 0.368. The van der Waals surface area contributed by atoms with Crippen molar-refractivity contribution >= 4 is 5.90 Å². The minimum Gasteiger partial charge on any atom is -0.478 e. The molecule has 1 fully saturated rings. The lowest BCUT2D eigenvalue weighted by molar-refractivity contribution is -0.137. The van der Waals surface area contributed by atoms with Crippen LogP contribution in [0.3, 0.4) is 0 Å². The van der Waals surface area contributed by atoms with Gasteiger partial charge < -0.3 is 4.74 Å². The van der Waals surface area contributed by atoms with E-state index in [2.05, 4.69) is 25.8 Å². The standard InChI is InChI=1S/C19H19F3NO/c1-18(2,3)16-11-24-17(23-16)15-6-4-5-14(15)12-7-9-13(10-8-12)19(20,21)22/h4-10,16H,11H2,1-3H3/t16-/m1/s1. The van der Waals surface area contributed by atoms with Crippen LogP contribution in [0.25, 0.3) is 0 Å². The summed E-state index contributed by atoms with van der Waals surface area (Å²) in [4.78, 5) is 4.66. The summed E-state index contributed by atoms with van der Waals surface area (Å²) in [6.45, 7) is 6.84. The second kappa shape index (κ2) is 6.08. The van der Waals surface area contributed by atoms with Gasteiger partial charge in [-0.25, -0.2) is 4.99 Å². The van der Waals surface area contributed by atoms with Crippen molar-refractivity contribution in [3.63, 3.8) is 0 Å². The van der Waals surface area contributed by atoms with E-state index < -0.39 is 11.7 Å². The fourth-order valence-electron chi connectivity index (χ4n) is 2.66. The van der Waals surface area contributed by atoms with Crippen molar-refractivity contribution in [2.45, 2.75) is 33.0 Å². The summed E-state index contributed by atoms with van der Waals surface area (Å²) < 4.78 is 43.9. The van der Waals surface area contributed by atoms with Gasteiger partial charge in [0.2, 0.25) is 0 Å². The second-order valence-electron chi connectivity index (χ2n) is 7.06. The molecule has 0 bridgehead atoms. The van der Waals surface area contributed by atoms with E-state index >= 15 is 0 Å². The highest BCUT2D eigenvalue weighted by Crippen LogP contribution is 2.42. The van der Waals surface area contributed by atoms with E-state index in [1.54, 1.807) is 0 Å². The highest BCUT2D eigenvalue weighted by molar-refractivity contribution is 5.99. The van der Waals surface area contributed by atoms with Gasteiger partial charge in [0, 0.05) is 5.92 Å². The predicted octanol–water partition coefficient (Wildman–Crippen LogP) is 4.67. The Labute approximate surface area is 141 Å². The Hall–Kier alpha value is -1.52. The first-order valence-corrected chi connectivity index (χ1v) is 7.80. The van der Waals surface area contributed by atoms with Gasteiger partial charge >= 0.3 is 6.18 Å². The van der Waals surface area contributed by atoms with E-state index in [0.717, 1.165) is 24.0 Å². The molecule has 1 aliphatic carbocycles. The summed E-state index contributed by atoms with van der Waals surface area (Å²) in [6.07, 6.45) is 1.29. The molecule has 0 amide bonds. The van der Waals surface area contributed by atoms with Crippen molar-refractivity contribution in [1.29, 1.82) is 0 Å². The lowest BCUT2D eigenvalue weighted by Crippen LogP contribution is -2.25. The van der Waals surface area contributed by atoms with Crippen molar-refractivity contribution in [2.75, 3.05) is 6.61 Å². The Balaban J connectivity index is 1.79.